The summed E-state index contributed by atoms with van der Waals surface area (Å²) in [7, 11) is 0. The van der Waals surface area contributed by atoms with Crippen LogP contribution < -0.4 is 4.90 Å². The molecule has 0 radical (unpaired) electrons. The molecule has 2 heterocycles. The lowest BCUT2D eigenvalue weighted by molar-refractivity contribution is 0.450. The van der Waals surface area contributed by atoms with Gasteiger partial charge in [0.1, 0.15) is 0 Å². The van der Waals surface area contributed by atoms with Crippen LogP contribution in [-0.4, -0.2) is 28.4 Å². The van der Waals surface area contributed by atoms with Gasteiger partial charge in [-0.1, -0.05) is 27.5 Å². The third-order valence-corrected chi connectivity index (χ3v) is 3.74. The minimum atomic E-state index is 0.591. The molecule has 1 fully saturated rings. The van der Waals surface area contributed by atoms with E-state index >= 15 is 0 Å². The lowest BCUT2D eigenvalue weighted by Crippen LogP contribution is -2.37. The molecular weight excluding hydrogens is 277 g/mol. The summed E-state index contributed by atoms with van der Waals surface area (Å²) >= 11 is 9.29. The van der Waals surface area contributed by atoms with Gasteiger partial charge in [-0.3, -0.25) is 0 Å². The third-order valence-electron chi connectivity index (χ3n) is 2.63. The Kier molecular flexibility index (Phi) is 3.81. The standard InChI is InChI=1S/C10H13BrClN3/c11-4-8-2-1-3-15(7-8)10-13-5-9(12)6-14-10/h5-6,8H,1-4,7H2. The molecular formula is C10H13BrClN3. The molecule has 1 aromatic rings. The Labute approximate surface area is 103 Å². The van der Waals surface area contributed by atoms with Crippen LogP contribution in [0.15, 0.2) is 12.4 Å². The minimum absolute atomic E-state index is 0.591. The van der Waals surface area contributed by atoms with Crippen LogP contribution in [0, 0.1) is 5.92 Å². The first-order valence-electron chi connectivity index (χ1n) is 5.08. The van der Waals surface area contributed by atoms with Gasteiger partial charge in [0, 0.05) is 18.4 Å². The van der Waals surface area contributed by atoms with Crippen molar-refractivity contribution in [1.29, 1.82) is 0 Å². The van der Waals surface area contributed by atoms with Gasteiger partial charge in [-0.05, 0) is 18.8 Å². The number of aromatic nitrogens is 2. The van der Waals surface area contributed by atoms with Gasteiger partial charge in [0.25, 0.3) is 0 Å². The fraction of sp³-hybridized carbons (Fsp3) is 0.600. The monoisotopic (exact) mass is 289 g/mol. The van der Waals surface area contributed by atoms with Crippen LogP contribution in [0.5, 0.6) is 0 Å². The van der Waals surface area contributed by atoms with Crippen LogP contribution in [0.1, 0.15) is 12.8 Å². The Morgan fingerprint density at radius 1 is 1.47 bits per heavy atom. The van der Waals surface area contributed by atoms with Crippen molar-refractivity contribution in [3.05, 3.63) is 17.4 Å². The van der Waals surface area contributed by atoms with E-state index in [1.165, 1.54) is 12.8 Å². The SMILES string of the molecule is Clc1cnc(N2CCCC(CBr)C2)nc1. The number of piperidine rings is 1. The molecule has 1 atom stereocenters. The highest BCUT2D eigenvalue weighted by Gasteiger charge is 2.20. The molecule has 0 aromatic carbocycles. The van der Waals surface area contributed by atoms with Crippen LogP contribution in [0.2, 0.25) is 5.02 Å². The molecule has 2 rings (SSSR count). The van der Waals surface area contributed by atoms with Crippen molar-refractivity contribution >= 4 is 33.5 Å². The molecule has 0 amide bonds. The summed E-state index contributed by atoms with van der Waals surface area (Å²) in [5, 5.41) is 1.64. The van der Waals surface area contributed by atoms with Gasteiger partial charge in [-0.15, -0.1) is 0 Å². The van der Waals surface area contributed by atoms with Crippen LogP contribution in [0.25, 0.3) is 0 Å². The maximum atomic E-state index is 5.76. The predicted octanol–water partition coefficient (Wildman–Crippen LogP) is 2.74. The van der Waals surface area contributed by atoms with Crippen molar-refractivity contribution in [1.82, 2.24) is 9.97 Å². The summed E-state index contributed by atoms with van der Waals surface area (Å²) in [6.07, 6.45) is 5.81. The molecule has 1 aliphatic heterocycles. The first-order valence-corrected chi connectivity index (χ1v) is 6.58. The second-order valence-corrected chi connectivity index (χ2v) is 4.89. The van der Waals surface area contributed by atoms with Crippen molar-refractivity contribution in [2.75, 3.05) is 23.3 Å². The molecule has 0 saturated carbocycles. The Balaban J connectivity index is 2.06. The molecule has 5 heteroatoms. The first kappa shape index (κ1) is 11.1. The topological polar surface area (TPSA) is 29.0 Å². The molecule has 1 aliphatic rings. The average molecular weight is 291 g/mol. The predicted molar refractivity (Wildman–Crippen MR) is 65.8 cm³/mol. The van der Waals surface area contributed by atoms with Gasteiger partial charge in [0.15, 0.2) is 0 Å². The second-order valence-electron chi connectivity index (χ2n) is 3.81. The van der Waals surface area contributed by atoms with E-state index in [0.29, 0.717) is 10.9 Å². The van der Waals surface area contributed by atoms with E-state index < -0.39 is 0 Å². The highest BCUT2D eigenvalue weighted by atomic mass is 79.9. The Bertz CT molecular complexity index is 317. The van der Waals surface area contributed by atoms with Gasteiger partial charge in [0.2, 0.25) is 5.95 Å². The van der Waals surface area contributed by atoms with E-state index in [9.17, 15) is 0 Å². The molecule has 1 aromatic heterocycles. The molecule has 0 N–H and O–H groups in total. The fourth-order valence-electron chi connectivity index (χ4n) is 1.84. The van der Waals surface area contributed by atoms with Crippen molar-refractivity contribution in [3.8, 4) is 0 Å². The van der Waals surface area contributed by atoms with Crippen LogP contribution in [0.4, 0.5) is 5.95 Å². The highest BCUT2D eigenvalue weighted by Crippen LogP contribution is 2.21. The molecule has 1 saturated heterocycles. The highest BCUT2D eigenvalue weighted by molar-refractivity contribution is 9.09. The van der Waals surface area contributed by atoms with Crippen molar-refractivity contribution < 1.29 is 0 Å². The van der Waals surface area contributed by atoms with Crippen LogP contribution in [-0.2, 0) is 0 Å². The van der Waals surface area contributed by atoms with Crippen molar-refractivity contribution in [2.45, 2.75) is 12.8 Å². The quantitative estimate of drug-likeness (QED) is 0.784. The lowest BCUT2D eigenvalue weighted by Gasteiger charge is -2.31. The largest absolute Gasteiger partial charge is 0.341 e. The van der Waals surface area contributed by atoms with E-state index in [2.05, 4.69) is 30.8 Å². The van der Waals surface area contributed by atoms with Gasteiger partial charge < -0.3 is 4.90 Å². The number of hydrogen-bond donors (Lipinski definition) is 0. The zero-order chi connectivity index (χ0) is 10.7. The number of halogens is 2. The summed E-state index contributed by atoms with van der Waals surface area (Å²) < 4.78 is 0. The second kappa shape index (κ2) is 5.12. The first-order chi connectivity index (χ1) is 7.29. The van der Waals surface area contributed by atoms with Crippen molar-refractivity contribution in [2.24, 2.45) is 5.92 Å². The maximum Gasteiger partial charge on any atom is 0.225 e. The molecule has 15 heavy (non-hydrogen) atoms. The van der Waals surface area contributed by atoms with Gasteiger partial charge in [-0.25, -0.2) is 9.97 Å². The number of nitrogens with zero attached hydrogens (tertiary/aromatic N) is 3. The number of alkyl halides is 1. The Morgan fingerprint density at radius 2 is 2.20 bits per heavy atom. The number of hydrogen-bond acceptors (Lipinski definition) is 3. The summed E-state index contributed by atoms with van der Waals surface area (Å²) in [5.74, 6) is 1.50. The smallest absolute Gasteiger partial charge is 0.225 e. The van der Waals surface area contributed by atoms with E-state index in [-0.39, 0.29) is 0 Å². The Hall–Kier alpha value is -0.350. The fourth-order valence-corrected chi connectivity index (χ4v) is 2.47. The van der Waals surface area contributed by atoms with E-state index in [4.69, 9.17) is 11.6 Å². The number of rotatable bonds is 2. The van der Waals surface area contributed by atoms with Crippen molar-refractivity contribution in [3.63, 3.8) is 0 Å². The maximum absolute atomic E-state index is 5.76. The summed E-state index contributed by atoms with van der Waals surface area (Å²) in [4.78, 5) is 10.7. The zero-order valence-corrected chi connectivity index (χ0v) is 10.7. The Morgan fingerprint density at radius 3 is 2.87 bits per heavy atom. The van der Waals surface area contributed by atoms with Gasteiger partial charge in [-0.2, -0.15) is 0 Å². The summed E-state index contributed by atoms with van der Waals surface area (Å²) in [6.45, 7) is 2.08. The van der Waals surface area contributed by atoms with Gasteiger partial charge >= 0.3 is 0 Å². The molecule has 3 nitrogen and oxygen atoms in total. The zero-order valence-electron chi connectivity index (χ0n) is 8.37. The molecule has 0 aliphatic carbocycles. The van der Waals surface area contributed by atoms with E-state index in [0.717, 1.165) is 24.4 Å². The lowest BCUT2D eigenvalue weighted by atomic mass is 10.0. The minimum Gasteiger partial charge on any atom is -0.341 e. The third kappa shape index (κ3) is 2.82. The van der Waals surface area contributed by atoms with Crippen LogP contribution >= 0.6 is 27.5 Å². The average Bonchev–Trinajstić information content (AvgIpc) is 2.30. The van der Waals surface area contributed by atoms with Crippen LogP contribution in [0.3, 0.4) is 0 Å². The summed E-state index contributed by atoms with van der Waals surface area (Å²) in [5.41, 5.74) is 0. The molecule has 82 valence electrons. The van der Waals surface area contributed by atoms with E-state index in [1.54, 1.807) is 12.4 Å². The number of anilines is 1. The molecule has 0 spiro atoms. The van der Waals surface area contributed by atoms with E-state index in [1.807, 2.05) is 0 Å². The molecule has 1 unspecified atom stereocenters. The van der Waals surface area contributed by atoms with Gasteiger partial charge in [0.05, 0.1) is 17.4 Å². The molecule has 0 bridgehead atoms. The summed E-state index contributed by atoms with van der Waals surface area (Å²) in [6, 6.07) is 0. The normalized spacial score (nSPS) is 21.7.